The molecule has 140 valence electrons. The summed E-state index contributed by atoms with van der Waals surface area (Å²) in [4.78, 5) is 23.1. The van der Waals surface area contributed by atoms with Gasteiger partial charge in [-0.2, -0.15) is 0 Å². The van der Waals surface area contributed by atoms with Crippen LogP contribution in [-0.4, -0.2) is 25.2 Å². The van der Waals surface area contributed by atoms with Crippen molar-refractivity contribution in [2.45, 2.75) is 90.9 Å². The van der Waals surface area contributed by atoms with E-state index in [9.17, 15) is 9.59 Å². The van der Waals surface area contributed by atoms with Crippen LogP contribution in [0.3, 0.4) is 0 Å². The Morgan fingerprint density at radius 3 is 1.79 bits per heavy atom. The van der Waals surface area contributed by atoms with E-state index in [4.69, 9.17) is 9.47 Å². The predicted octanol–water partition coefficient (Wildman–Crippen LogP) is 5.35. The molecule has 0 heterocycles. The number of unbranched alkanes of at least 4 members (excludes halogenated alkanes) is 9. The Labute approximate surface area is 148 Å². The molecule has 0 aliphatic rings. The lowest BCUT2D eigenvalue weighted by Gasteiger charge is -2.07. The predicted molar refractivity (Wildman–Crippen MR) is 97.8 cm³/mol. The minimum atomic E-state index is -0.487. The summed E-state index contributed by atoms with van der Waals surface area (Å²) in [6.07, 6.45) is 13.1. The molecule has 0 fully saturated rings. The average molecular weight is 341 g/mol. The summed E-state index contributed by atoms with van der Waals surface area (Å²) in [5.74, 6) is -0.905. The van der Waals surface area contributed by atoms with Crippen LogP contribution in [0.2, 0.25) is 0 Å². The Hall–Kier alpha value is -1.32. The second-order valence-electron chi connectivity index (χ2n) is 6.32. The summed E-state index contributed by atoms with van der Waals surface area (Å²) < 4.78 is 10.1. The zero-order chi connectivity index (χ0) is 18.0. The maximum absolute atomic E-state index is 11.7. The number of carbonyl (C=O) groups is 2. The van der Waals surface area contributed by atoms with Gasteiger partial charge in [-0.1, -0.05) is 78.2 Å². The van der Waals surface area contributed by atoms with E-state index in [0.29, 0.717) is 13.2 Å². The van der Waals surface area contributed by atoms with Crippen molar-refractivity contribution in [2.24, 2.45) is 0 Å². The lowest BCUT2D eigenvalue weighted by Crippen LogP contribution is -2.13. The molecule has 0 aromatic rings. The second-order valence-corrected chi connectivity index (χ2v) is 6.32. The van der Waals surface area contributed by atoms with Crippen LogP contribution in [0.4, 0.5) is 0 Å². The molecule has 0 aromatic carbocycles. The van der Waals surface area contributed by atoms with Gasteiger partial charge in [-0.15, -0.1) is 0 Å². The molecule has 0 amide bonds. The molecule has 0 saturated heterocycles. The molecular weight excluding hydrogens is 304 g/mol. The largest absolute Gasteiger partial charge is 0.465 e. The summed E-state index contributed by atoms with van der Waals surface area (Å²) in [5, 5.41) is 0. The minimum Gasteiger partial charge on any atom is -0.465 e. The molecule has 0 bridgehead atoms. The van der Waals surface area contributed by atoms with Crippen LogP contribution in [0.5, 0.6) is 0 Å². The monoisotopic (exact) mass is 340 g/mol. The minimum absolute atomic E-state index is 0.0864. The van der Waals surface area contributed by atoms with Gasteiger partial charge in [0.25, 0.3) is 0 Å². The molecule has 0 N–H and O–H groups in total. The zero-order valence-corrected chi connectivity index (χ0v) is 15.7. The van der Waals surface area contributed by atoms with Gasteiger partial charge in [0.15, 0.2) is 0 Å². The van der Waals surface area contributed by atoms with Gasteiger partial charge in [-0.3, -0.25) is 4.79 Å². The first kappa shape index (κ1) is 22.7. The quantitative estimate of drug-likeness (QED) is 0.216. The van der Waals surface area contributed by atoms with Crippen molar-refractivity contribution >= 4 is 11.9 Å². The zero-order valence-electron chi connectivity index (χ0n) is 15.7. The van der Waals surface area contributed by atoms with Gasteiger partial charge in [0.1, 0.15) is 0 Å². The molecule has 0 spiro atoms. The number of rotatable bonds is 16. The normalized spacial score (nSPS) is 10.4. The number of esters is 2. The molecular formula is C20H36O4. The lowest BCUT2D eigenvalue weighted by atomic mass is 10.1. The fourth-order valence-electron chi connectivity index (χ4n) is 2.37. The van der Waals surface area contributed by atoms with E-state index < -0.39 is 11.9 Å². The van der Waals surface area contributed by atoms with E-state index in [2.05, 4.69) is 13.5 Å². The van der Waals surface area contributed by atoms with E-state index in [1.54, 1.807) is 0 Å². The number of carbonyl (C=O) groups excluding carboxylic acids is 2. The van der Waals surface area contributed by atoms with Crippen LogP contribution in [0.15, 0.2) is 12.2 Å². The van der Waals surface area contributed by atoms with Crippen LogP contribution in [0.1, 0.15) is 90.9 Å². The summed E-state index contributed by atoms with van der Waals surface area (Å²) in [6.45, 7) is 8.53. The third-order valence-electron chi connectivity index (χ3n) is 3.84. The Bertz CT molecular complexity index is 350. The van der Waals surface area contributed by atoms with Crippen LogP contribution in [-0.2, 0) is 19.1 Å². The molecule has 24 heavy (non-hydrogen) atoms. The van der Waals surface area contributed by atoms with E-state index in [1.807, 2.05) is 6.92 Å². The van der Waals surface area contributed by atoms with Crippen molar-refractivity contribution in [2.75, 3.05) is 13.2 Å². The first-order valence-corrected chi connectivity index (χ1v) is 9.62. The molecule has 4 heteroatoms. The van der Waals surface area contributed by atoms with E-state index in [1.165, 1.54) is 51.4 Å². The topological polar surface area (TPSA) is 52.6 Å². The molecule has 0 unspecified atom stereocenters. The number of hydrogen-bond acceptors (Lipinski definition) is 4. The smallest absolute Gasteiger partial charge is 0.333 e. The van der Waals surface area contributed by atoms with Gasteiger partial charge >= 0.3 is 11.9 Å². The van der Waals surface area contributed by atoms with Gasteiger partial charge in [-0.25, -0.2) is 4.79 Å². The SMILES string of the molecule is C=C(CC(=O)OCCC)C(=O)OCCCCCCCCCCCC. The first-order chi connectivity index (χ1) is 11.6. The van der Waals surface area contributed by atoms with Crippen LogP contribution < -0.4 is 0 Å². The highest BCUT2D eigenvalue weighted by molar-refractivity contribution is 5.93. The molecule has 0 atom stereocenters. The summed E-state index contributed by atoms with van der Waals surface area (Å²) in [7, 11) is 0. The first-order valence-electron chi connectivity index (χ1n) is 9.62. The van der Waals surface area contributed by atoms with Gasteiger partial charge in [0, 0.05) is 5.57 Å². The standard InChI is InChI=1S/C20H36O4/c1-4-6-7-8-9-10-11-12-13-14-16-24-20(22)18(3)17-19(21)23-15-5-2/h3-17H2,1-2H3. The third kappa shape index (κ3) is 14.3. The van der Waals surface area contributed by atoms with Crippen molar-refractivity contribution in [1.29, 1.82) is 0 Å². The Kier molecular flexibility index (Phi) is 15.6. The van der Waals surface area contributed by atoms with E-state index >= 15 is 0 Å². The maximum atomic E-state index is 11.7. The van der Waals surface area contributed by atoms with Gasteiger partial charge in [0.2, 0.25) is 0 Å². The van der Waals surface area contributed by atoms with Crippen LogP contribution >= 0.6 is 0 Å². The fraction of sp³-hybridized carbons (Fsp3) is 0.800. The highest BCUT2D eigenvalue weighted by atomic mass is 16.5. The molecule has 0 radical (unpaired) electrons. The van der Waals surface area contributed by atoms with Crippen LogP contribution in [0.25, 0.3) is 0 Å². The number of hydrogen-bond donors (Lipinski definition) is 0. The molecule has 0 aromatic heterocycles. The van der Waals surface area contributed by atoms with Crippen molar-refractivity contribution in [3.05, 3.63) is 12.2 Å². The number of ether oxygens (including phenoxy) is 2. The van der Waals surface area contributed by atoms with Crippen molar-refractivity contribution in [1.82, 2.24) is 0 Å². The van der Waals surface area contributed by atoms with Gasteiger partial charge in [0.05, 0.1) is 19.6 Å². The molecule has 4 nitrogen and oxygen atoms in total. The lowest BCUT2D eigenvalue weighted by molar-refractivity contribution is -0.146. The van der Waals surface area contributed by atoms with Crippen LogP contribution in [0, 0.1) is 0 Å². The van der Waals surface area contributed by atoms with E-state index in [0.717, 1.165) is 19.3 Å². The summed E-state index contributed by atoms with van der Waals surface area (Å²) in [6, 6.07) is 0. The third-order valence-corrected chi connectivity index (χ3v) is 3.84. The summed E-state index contributed by atoms with van der Waals surface area (Å²) in [5.41, 5.74) is 0.170. The highest BCUT2D eigenvalue weighted by Crippen LogP contribution is 2.11. The van der Waals surface area contributed by atoms with Crippen molar-refractivity contribution < 1.29 is 19.1 Å². The summed E-state index contributed by atoms with van der Waals surface area (Å²) >= 11 is 0. The average Bonchev–Trinajstić information content (AvgIpc) is 2.57. The van der Waals surface area contributed by atoms with Crippen molar-refractivity contribution in [3.8, 4) is 0 Å². The molecule has 0 rings (SSSR count). The Balaban J connectivity index is 3.45. The Morgan fingerprint density at radius 2 is 1.25 bits per heavy atom. The second kappa shape index (κ2) is 16.5. The highest BCUT2D eigenvalue weighted by Gasteiger charge is 2.13. The van der Waals surface area contributed by atoms with E-state index in [-0.39, 0.29) is 12.0 Å². The molecule has 0 aliphatic carbocycles. The van der Waals surface area contributed by atoms with Gasteiger partial charge < -0.3 is 9.47 Å². The van der Waals surface area contributed by atoms with Gasteiger partial charge in [-0.05, 0) is 12.8 Å². The van der Waals surface area contributed by atoms with Crippen molar-refractivity contribution in [3.63, 3.8) is 0 Å². The Morgan fingerprint density at radius 1 is 0.708 bits per heavy atom. The fourth-order valence-corrected chi connectivity index (χ4v) is 2.37. The molecule has 0 aliphatic heterocycles. The maximum Gasteiger partial charge on any atom is 0.333 e. The molecule has 0 saturated carbocycles.